The molecule has 0 amide bonds. The average Bonchev–Trinajstić information content (AvgIpc) is 3.73. The van der Waals surface area contributed by atoms with Gasteiger partial charge in [0.2, 0.25) is 0 Å². The van der Waals surface area contributed by atoms with E-state index in [-0.39, 0.29) is 36.8 Å². The topological polar surface area (TPSA) is 51.8 Å². The summed E-state index contributed by atoms with van der Waals surface area (Å²) >= 11 is 0. The fourth-order valence-electron chi connectivity index (χ4n) is 7.25. The van der Waals surface area contributed by atoms with Crippen molar-refractivity contribution in [3.05, 3.63) is 208 Å². The maximum Gasteiger partial charge on any atom is 3.00 e. The van der Waals surface area contributed by atoms with Gasteiger partial charge in [0.05, 0.1) is 5.58 Å². The van der Waals surface area contributed by atoms with E-state index >= 15 is 0 Å². The van der Waals surface area contributed by atoms with Gasteiger partial charge in [-0.05, 0) is 126 Å². The summed E-state index contributed by atoms with van der Waals surface area (Å²) in [6.07, 6.45) is -14.7. The third-order valence-corrected chi connectivity index (χ3v) is 10.5. The van der Waals surface area contributed by atoms with Crippen LogP contribution in [0.3, 0.4) is 0 Å². The number of benzene rings is 5. The summed E-state index contributed by atoms with van der Waals surface area (Å²) in [6.45, 7) is 8.62. The van der Waals surface area contributed by atoms with Crippen LogP contribution in [0.5, 0.6) is 0 Å². The molecule has 0 aliphatic heterocycles. The van der Waals surface area contributed by atoms with Crippen molar-refractivity contribution in [1.29, 1.82) is 0 Å². The van der Waals surface area contributed by atoms with Crippen LogP contribution >= 0.6 is 0 Å². The van der Waals surface area contributed by atoms with Crippen LogP contribution in [0.2, 0.25) is 0 Å². The van der Waals surface area contributed by atoms with Crippen molar-refractivity contribution in [3.8, 4) is 33.8 Å². The van der Waals surface area contributed by atoms with Crippen molar-refractivity contribution in [1.82, 2.24) is 15.0 Å². The number of rotatable bonds is 12. The quantitative estimate of drug-likeness (QED) is 0.114. The molecule has 4 heterocycles. The number of aromatic nitrogens is 3. The van der Waals surface area contributed by atoms with Gasteiger partial charge in [0.15, 0.2) is 0 Å². The van der Waals surface area contributed by atoms with E-state index in [1.807, 2.05) is 20.8 Å². The minimum atomic E-state index is -3.18. The van der Waals surface area contributed by atoms with Crippen molar-refractivity contribution >= 4 is 21.9 Å². The normalized spacial score (nSPS) is 15.8. The smallest absolute Gasteiger partial charge is 0.500 e. The molecule has 0 radical (unpaired) electrons. The molecule has 0 N–H and O–H groups in total. The first-order chi connectivity index (χ1) is 34.6. The van der Waals surface area contributed by atoms with Crippen LogP contribution in [0.1, 0.15) is 87.3 Å². The predicted octanol–water partition coefficient (Wildman–Crippen LogP) is 13.6. The molecule has 0 aliphatic rings. The summed E-state index contributed by atoms with van der Waals surface area (Å²) in [5.74, 6) is -0.487. The molecule has 0 saturated carbocycles. The molecule has 6 heteroatoms. The van der Waals surface area contributed by atoms with Gasteiger partial charge in [0, 0.05) is 46.5 Å². The van der Waals surface area contributed by atoms with Crippen LogP contribution in [0.25, 0.3) is 55.7 Å². The van der Waals surface area contributed by atoms with Crippen LogP contribution in [-0.4, -0.2) is 15.0 Å². The molecule has 0 fully saturated rings. The minimum absolute atomic E-state index is 0. The molecule has 0 saturated heterocycles. The Bertz CT molecular complexity index is 3490. The van der Waals surface area contributed by atoms with Gasteiger partial charge in [-0.1, -0.05) is 79.2 Å². The second-order valence-corrected chi connectivity index (χ2v) is 16.1. The molecular formula is C57H49FIrN3O. The molecule has 9 rings (SSSR count). The fourth-order valence-corrected chi connectivity index (χ4v) is 7.25. The Morgan fingerprint density at radius 3 is 1.63 bits per heavy atom. The van der Waals surface area contributed by atoms with E-state index < -0.39 is 66.2 Å². The number of hydrogen-bond acceptors (Lipinski definition) is 4. The van der Waals surface area contributed by atoms with Gasteiger partial charge in [-0.15, -0.1) is 90.0 Å². The third kappa shape index (κ3) is 9.79. The Balaban J connectivity index is 0.00000747. The van der Waals surface area contributed by atoms with E-state index in [0.29, 0.717) is 72.4 Å². The van der Waals surface area contributed by atoms with Crippen LogP contribution in [-0.2, 0) is 63.8 Å². The standard InChI is InChI=1S/C57H49FN3O.Ir/c1-37-27-52(42-13-8-6-9-14-42)59-34-44(37)22-19-39-29-40(20-23-45-35-60-53(28-38(45)2)43-15-10-7-11-16-43)31-41(30-39)21-24-46-36-61-54(33-51(46)57(3,4)5)50-18-12-17-49-48-26-25-47(58)32-55(48)62-56(49)50;/h6-13,15,17,25-36H,19-24H2,1-5H3;/q-3;+3/i19D2,20D2,21D2,22D2,23D2,24D2;. The molecule has 9 aromatic rings. The Kier molecular flexibility index (Phi) is 9.18. The molecule has 0 aliphatic carbocycles. The van der Waals surface area contributed by atoms with Gasteiger partial charge in [-0.3, -0.25) is 0 Å². The largest absolute Gasteiger partial charge is 3.00 e. The molecule has 0 bridgehead atoms. The SMILES string of the molecule is [2H]C([2H])(c1cc(C([2H])([2H])C([2H])([2H])c2cnc(-c3[c-]cccc3)cc2C)cc(C([2H])([2H])C([2H])([2H])c2cnc(-c3[c-]ccc4c3oc3cc(F)ccc34)cc2C(C)(C)C)c1)C([2H])([2H])c1cnc(-c2[c-]cccc2)cc1C.[Ir+3]. The molecular weight excluding hydrogens is 954 g/mol. The number of halogens is 1. The Labute approximate surface area is 400 Å². The van der Waals surface area contributed by atoms with E-state index in [0.717, 1.165) is 18.2 Å². The molecule has 0 unspecified atom stereocenters. The van der Waals surface area contributed by atoms with Crippen molar-refractivity contribution in [2.45, 2.75) is 78.3 Å². The zero-order valence-electron chi connectivity index (χ0n) is 47.2. The van der Waals surface area contributed by atoms with Crippen molar-refractivity contribution in [3.63, 3.8) is 0 Å². The van der Waals surface area contributed by atoms with Crippen LogP contribution in [0, 0.1) is 37.9 Å². The first-order valence-electron chi connectivity index (χ1n) is 26.2. The van der Waals surface area contributed by atoms with E-state index in [1.165, 1.54) is 30.7 Å². The second kappa shape index (κ2) is 18.7. The van der Waals surface area contributed by atoms with Crippen molar-refractivity contribution in [2.75, 3.05) is 0 Å². The Morgan fingerprint density at radius 1 is 0.571 bits per heavy atom. The third-order valence-electron chi connectivity index (χ3n) is 10.5. The van der Waals surface area contributed by atoms with Crippen LogP contribution < -0.4 is 0 Å². The minimum Gasteiger partial charge on any atom is -0.500 e. The number of pyridine rings is 3. The van der Waals surface area contributed by atoms with Gasteiger partial charge in [-0.2, -0.15) is 0 Å². The molecule has 0 spiro atoms. The summed E-state index contributed by atoms with van der Waals surface area (Å²) in [5.41, 5.74) is 1.29. The summed E-state index contributed by atoms with van der Waals surface area (Å²) in [5, 5.41) is 1.32. The van der Waals surface area contributed by atoms with E-state index in [4.69, 9.17) is 4.42 Å². The zero-order chi connectivity index (χ0) is 53.6. The van der Waals surface area contributed by atoms with Crippen LogP contribution in [0.15, 0.2) is 138 Å². The predicted molar refractivity (Wildman–Crippen MR) is 250 cm³/mol. The maximum atomic E-state index is 14.3. The molecule has 0 atom stereocenters. The number of furan rings is 1. The van der Waals surface area contributed by atoms with Gasteiger partial charge in [0.1, 0.15) is 11.4 Å². The number of aryl methyl sites for hydroxylation is 8. The van der Waals surface area contributed by atoms with Gasteiger partial charge in [0.25, 0.3) is 0 Å². The first kappa shape index (κ1) is 30.9. The van der Waals surface area contributed by atoms with Gasteiger partial charge < -0.3 is 19.4 Å². The fraction of sp³-hybridized carbons (Fsp3) is 0.211. The number of hydrogen-bond donors (Lipinski definition) is 0. The van der Waals surface area contributed by atoms with E-state index in [1.54, 1.807) is 98.8 Å². The first-order valence-corrected chi connectivity index (χ1v) is 20.2. The molecule has 314 valence electrons. The van der Waals surface area contributed by atoms with Crippen molar-refractivity contribution < 1.29 is 45.4 Å². The monoisotopic (exact) mass is 1020 g/mol. The summed E-state index contributed by atoms with van der Waals surface area (Å²) in [7, 11) is 0. The second-order valence-electron chi connectivity index (χ2n) is 16.1. The average molecular weight is 1020 g/mol. The number of nitrogens with zero attached hydrogens (tertiary/aromatic N) is 3. The van der Waals surface area contributed by atoms with Crippen LogP contribution in [0.4, 0.5) is 4.39 Å². The molecule has 4 aromatic heterocycles. The molecule has 5 aromatic carbocycles. The van der Waals surface area contributed by atoms with Crippen molar-refractivity contribution in [2.24, 2.45) is 0 Å². The van der Waals surface area contributed by atoms with E-state index in [9.17, 15) is 20.8 Å². The summed E-state index contributed by atoms with van der Waals surface area (Å²) in [4.78, 5) is 13.5. The molecule has 63 heavy (non-hydrogen) atoms. The number of fused-ring (bicyclic) bond motifs is 3. The van der Waals surface area contributed by atoms with E-state index in [2.05, 4.69) is 33.2 Å². The Morgan fingerprint density at radius 2 is 1.11 bits per heavy atom. The zero-order valence-corrected chi connectivity index (χ0v) is 37.6. The molecule has 4 nitrogen and oxygen atoms in total. The van der Waals surface area contributed by atoms with Gasteiger partial charge in [-0.25, -0.2) is 4.39 Å². The Hall–Kier alpha value is -6.07. The summed E-state index contributed by atoms with van der Waals surface area (Å²) in [6, 6.07) is 38.8. The maximum absolute atomic E-state index is 14.3. The summed E-state index contributed by atoms with van der Waals surface area (Å²) < 4.78 is 136. The van der Waals surface area contributed by atoms with Gasteiger partial charge >= 0.3 is 20.1 Å².